The molecule has 11 heavy (non-hydrogen) atoms. The number of para-hydroxylation sites is 1. The van der Waals surface area contributed by atoms with Gasteiger partial charge in [0.2, 0.25) is 0 Å². The quantitative estimate of drug-likeness (QED) is 0.671. The lowest BCUT2D eigenvalue weighted by molar-refractivity contribution is 0.358. The molecule has 1 aromatic carbocycles. The highest BCUT2D eigenvalue weighted by Gasteiger charge is 2.12. The Hall–Kier alpha value is -0.700. The average molecular weight is 216 g/mol. The Labute approximate surface area is 76.1 Å². The first-order chi connectivity index (χ1) is 4.88. The molecule has 3 heteroatoms. The molecular formula is C8H10BrNO. The van der Waals surface area contributed by atoms with Gasteiger partial charge in [-0.3, -0.25) is 0 Å². The van der Waals surface area contributed by atoms with E-state index >= 15 is 0 Å². The minimum absolute atomic E-state index is 0. The van der Waals surface area contributed by atoms with Gasteiger partial charge in [0.15, 0.2) is 0 Å². The fraction of sp³-hybridized carbons (Fsp3) is 0.250. The first-order valence-electron chi connectivity index (χ1n) is 3.38. The number of nitrogen functional groups attached to an aromatic ring is 1. The van der Waals surface area contributed by atoms with Gasteiger partial charge in [-0.25, -0.2) is 0 Å². The zero-order valence-electron chi connectivity index (χ0n) is 6.04. The number of ether oxygens (including phenoxy) is 1. The second kappa shape index (κ2) is 3.13. The van der Waals surface area contributed by atoms with Crippen LogP contribution in [0.15, 0.2) is 18.2 Å². The molecule has 2 rings (SSSR count). The Balaban J connectivity index is 0.000000605. The largest absolute Gasteiger partial charge is 0.491 e. The molecule has 2 nitrogen and oxygen atoms in total. The van der Waals surface area contributed by atoms with Crippen molar-refractivity contribution in [2.75, 3.05) is 12.3 Å². The fourth-order valence-corrected chi connectivity index (χ4v) is 1.24. The van der Waals surface area contributed by atoms with Gasteiger partial charge < -0.3 is 10.5 Å². The summed E-state index contributed by atoms with van der Waals surface area (Å²) in [6, 6.07) is 5.88. The van der Waals surface area contributed by atoms with Crippen LogP contribution in [0.4, 0.5) is 5.69 Å². The van der Waals surface area contributed by atoms with Crippen molar-refractivity contribution < 1.29 is 4.74 Å². The summed E-state index contributed by atoms with van der Waals surface area (Å²) in [5.74, 6) is 0.891. The van der Waals surface area contributed by atoms with Crippen LogP contribution in [0.25, 0.3) is 0 Å². The van der Waals surface area contributed by atoms with E-state index in [1.54, 1.807) is 0 Å². The molecule has 0 fully saturated rings. The van der Waals surface area contributed by atoms with E-state index in [-0.39, 0.29) is 17.0 Å². The van der Waals surface area contributed by atoms with Crippen molar-refractivity contribution in [3.8, 4) is 5.75 Å². The van der Waals surface area contributed by atoms with Crippen molar-refractivity contribution in [1.82, 2.24) is 0 Å². The van der Waals surface area contributed by atoms with E-state index in [0.717, 1.165) is 24.5 Å². The smallest absolute Gasteiger partial charge is 0.145 e. The number of anilines is 1. The summed E-state index contributed by atoms with van der Waals surface area (Å²) in [6.07, 6.45) is 1.00. The van der Waals surface area contributed by atoms with Crippen LogP contribution in [0.5, 0.6) is 5.75 Å². The minimum atomic E-state index is 0. The normalized spacial score (nSPS) is 13.1. The lowest BCUT2D eigenvalue weighted by Gasteiger charge is -2.00. The number of rotatable bonds is 0. The molecule has 1 aromatic rings. The molecule has 0 radical (unpaired) electrons. The third kappa shape index (κ3) is 1.33. The molecule has 60 valence electrons. The van der Waals surface area contributed by atoms with Gasteiger partial charge in [-0.05, 0) is 11.6 Å². The van der Waals surface area contributed by atoms with E-state index in [9.17, 15) is 0 Å². The molecule has 0 saturated heterocycles. The third-order valence-corrected chi connectivity index (χ3v) is 1.74. The maximum absolute atomic E-state index is 5.65. The average Bonchev–Trinajstić information content (AvgIpc) is 2.36. The lowest BCUT2D eigenvalue weighted by Crippen LogP contribution is -1.90. The van der Waals surface area contributed by atoms with E-state index in [2.05, 4.69) is 6.07 Å². The van der Waals surface area contributed by atoms with Crippen LogP contribution >= 0.6 is 17.0 Å². The topological polar surface area (TPSA) is 35.2 Å². The number of fused-ring (bicyclic) bond motifs is 1. The molecule has 0 atom stereocenters. The summed E-state index contributed by atoms with van der Waals surface area (Å²) < 4.78 is 5.30. The highest BCUT2D eigenvalue weighted by molar-refractivity contribution is 8.93. The van der Waals surface area contributed by atoms with Crippen LogP contribution in [-0.2, 0) is 6.42 Å². The number of hydrogen-bond donors (Lipinski definition) is 1. The molecule has 0 saturated carbocycles. The van der Waals surface area contributed by atoms with Crippen LogP contribution in [0, 0.1) is 0 Å². The van der Waals surface area contributed by atoms with Gasteiger partial charge in [0, 0.05) is 6.42 Å². The van der Waals surface area contributed by atoms with Gasteiger partial charge in [0.25, 0.3) is 0 Å². The number of hydrogen-bond acceptors (Lipinski definition) is 2. The SMILES string of the molecule is Br.Nc1cccc2c1OCC2. The summed E-state index contributed by atoms with van der Waals surface area (Å²) in [7, 11) is 0. The number of halogens is 1. The fourth-order valence-electron chi connectivity index (χ4n) is 1.24. The van der Waals surface area contributed by atoms with Crippen LogP contribution in [0.2, 0.25) is 0 Å². The molecule has 0 spiro atoms. The van der Waals surface area contributed by atoms with Crippen molar-refractivity contribution in [3.05, 3.63) is 23.8 Å². The molecule has 1 heterocycles. The Morgan fingerprint density at radius 3 is 2.91 bits per heavy atom. The lowest BCUT2D eigenvalue weighted by atomic mass is 10.1. The van der Waals surface area contributed by atoms with Crippen molar-refractivity contribution in [3.63, 3.8) is 0 Å². The zero-order valence-corrected chi connectivity index (χ0v) is 7.75. The van der Waals surface area contributed by atoms with E-state index < -0.39 is 0 Å². The van der Waals surface area contributed by atoms with E-state index in [1.165, 1.54) is 5.56 Å². The first kappa shape index (κ1) is 8.40. The number of nitrogens with two attached hydrogens (primary N) is 1. The van der Waals surface area contributed by atoms with Crippen LogP contribution in [-0.4, -0.2) is 6.61 Å². The molecular weight excluding hydrogens is 206 g/mol. The minimum Gasteiger partial charge on any atom is -0.491 e. The predicted molar refractivity (Wildman–Crippen MR) is 50.4 cm³/mol. The monoisotopic (exact) mass is 215 g/mol. The van der Waals surface area contributed by atoms with Crippen LogP contribution < -0.4 is 10.5 Å². The molecule has 2 N–H and O–H groups in total. The molecule has 0 amide bonds. The predicted octanol–water partition coefficient (Wildman–Crippen LogP) is 1.78. The Morgan fingerprint density at radius 1 is 1.36 bits per heavy atom. The summed E-state index contributed by atoms with van der Waals surface area (Å²) in [5.41, 5.74) is 7.64. The summed E-state index contributed by atoms with van der Waals surface area (Å²) in [6.45, 7) is 0.781. The standard InChI is InChI=1S/C8H9NO.BrH/c9-7-3-1-2-6-4-5-10-8(6)7;/h1-3H,4-5,9H2;1H. The highest BCUT2D eigenvalue weighted by Crippen LogP contribution is 2.30. The molecule has 1 aliphatic heterocycles. The first-order valence-corrected chi connectivity index (χ1v) is 3.38. The maximum Gasteiger partial charge on any atom is 0.145 e. The molecule has 0 unspecified atom stereocenters. The van der Waals surface area contributed by atoms with Gasteiger partial charge in [0.1, 0.15) is 5.75 Å². The summed E-state index contributed by atoms with van der Waals surface area (Å²) in [4.78, 5) is 0. The van der Waals surface area contributed by atoms with Crippen molar-refractivity contribution in [1.29, 1.82) is 0 Å². The molecule has 0 aromatic heterocycles. The van der Waals surface area contributed by atoms with Crippen molar-refractivity contribution >= 4 is 22.7 Å². The maximum atomic E-state index is 5.65. The molecule has 0 aliphatic carbocycles. The van der Waals surface area contributed by atoms with E-state index in [1.807, 2.05) is 12.1 Å². The summed E-state index contributed by atoms with van der Waals surface area (Å²) in [5, 5.41) is 0. The van der Waals surface area contributed by atoms with Crippen LogP contribution in [0.1, 0.15) is 5.56 Å². The van der Waals surface area contributed by atoms with Crippen LogP contribution in [0.3, 0.4) is 0 Å². The van der Waals surface area contributed by atoms with Gasteiger partial charge in [-0.2, -0.15) is 0 Å². The third-order valence-electron chi connectivity index (χ3n) is 1.74. The van der Waals surface area contributed by atoms with E-state index in [4.69, 9.17) is 10.5 Å². The Morgan fingerprint density at radius 2 is 2.18 bits per heavy atom. The van der Waals surface area contributed by atoms with Gasteiger partial charge in [-0.1, -0.05) is 12.1 Å². The molecule has 1 aliphatic rings. The van der Waals surface area contributed by atoms with E-state index in [0.29, 0.717) is 0 Å². The molecule has 0 bridgehead atoms. The van der Waals surface area contributed by atoms with Crippen molar-refractivity contribution in [2.24, 2.45) is 0 Å². The number of benzene rings is 1. The van der Waals surface area contributed by atoms with Crippen molar-refractivity contribution in [2.45, 2.75) is 6.42 Å². The summed E-state index contributed by atoms with van der Waals surface area (Å²) >= 11 is 0. The van der Waals surface area contributed by atoms with Gasteiger partial charge in [-0.15, -0.1) is 17.0 Å². The Bertz CT molecular complexity index is 262. The Kier molecular flexibility index (Phi) is 2.39. The zero-order chi connectivity index (χ0) is 6.97. The van der Waals surface area contributed by atoms with Gasteiger partial charge in [0.05, 0.1) is 12.3 Å². The highest BCUT2D eigenvalue weighted by atomic mass is 79.9. The second-order valence-corrected chi connectivity index (χ2v) is 2.43. The van der Waals surface area contributed by atoms with Gasteiger partial charge >= 0.3 is 0 Å². The second-order valence-electron chi connectivity index (χ2n) is 2.43.